The van der Waals surface area contributed by atoms with Gasteiger partial charge in [0.1, 0.15) is 5.69 Å². The molecule has 0 aliphatic rings. The molecular formula is C13H15FN4O3S. The lowest BCUT2D eigenvalue weighted by molar-refractivity contribution is -0.116. The molecule has 0 fully saturated rings. The van der Waals surface area contributed by atoms with Crippen molar-refractivity contribution in [2.45, 2.75) is 0 Å². The number of nitrogens with one attached hydrogen (secondary N) is 1. The zero-order chi connectivity index (χ0) is 16.3. The number of carbonyl (C=O) groups excluding carboxylic acids is 1. The molecule has 1 amide bonds. The van der Waals surface area contributed by atoms with Gasteiger partial charge in [0.15, 0.2) is 5.82 Å². The van der Waals surface area contributed by atoms with E-state index < -0.39 is 21.7 Å². The number of aromatic nitrogens is 2. The van der Waals surface area contributed by atoms with Crippen molar-refractivity contribution in [1.29, 1.82) is 0 Å². The number of hydrogen-bond acceptors (Lipinski definition) is 4. The molecular weight excluding hydrogens is 311 g/mol. The van der Waals surface area contributed by atoms with E-state index in [4.69, 9.17) is 0 Å². The van der Waals surface area contributed by atoms with Crippen LogP contribution in [0.2, 0.25) is 0 Å². The van der Waals surface area contributed by atoms with Crippen LogP contribution in [0.5, 0.6) is 0 Å². The van der Waals surface area contributed by atoms with Crippen LogP contribution in [0.4, 0.5) is 10.1 Å². The Hall–Kier alpha value is -2.26. The number of rotatable bonds is 5. The molecule has 2 aromatic rings. The molecule has 0 unspecified atom stereocenters. The molecule has 0 atom stereocenters. The summed E-state index contributed by atoms with van der Waals surface area (Å²) in [5, 5.41) is 6.36. The van der Waals surface area contributed by atoms with Crippen LogP contribution in [0, 0.1) is 5.82 Å². The molecule has 0 bridgehead atoms. The van der Waals surface area contributed by atoms with Gasteiger partial charge in [0, 0.05) is 25.1 Å². The predicted octanol–water partition coefficient (Wildman–Crippen LogP) is 0.841. The second-order valence-electron chi connectivity index (χ2n) is 4.68. The summed E-state index contributed by atoms with van der Waals surface area (Å²) in [7, 11) is -2.16. The summed E-state index contributed by atoms with van der Waals surface area (Å²) in [5.41, 5.74) is 0.483. The van der Waals surface area contributed by atoms with Crippen molar-refractivity contribution in [2.75, 3.05) is 25.2 Å². The summed E-state index contributed by atoms with van der Waals surface area (Å²) in [6, 6.07) is 5.79. The molecule has 22 heavy (non-hydrogen) atoms. The first-order chi connectivity index (χ1) is 10.3. The van der Waals surface area contributed by atoms with Crippen molar-refractivity contribution in [1.82, 2.24) is 14.1 Å². The third-order valence-electron chi connectivity index (χ3n) is 2.92. The average Bonchev–Trinajstić information content (AvgIpc) is 2.91. The van der Waals surface area contributed by atoms with Gasteiger partial charge in [-0.2, -0.15) is 9.40 Å². The van der Waals surface area contributed by atoms with Crippen molar-refractivity contribution >= 4 is 21.6 Å². The molecule has 1 aromatic carbocycles. The standard InChI is InChI=1S/C13H15FN4O3S/c1-17(22(2,20)21)9-13(19)16-10-4-5-12(11(14)8-10)18-7-3-6-15-18/h3-8H,9H2,1-2H3,(H,16,19). The number of sulfonamides is 1. The molecule has 1 heterocycles. The molecule has 9 heteroatoms. The van der Waals surface area contributed by atoms with Crippen LogP contribution in [0.25, 0.3) is 5.69 Å². The fraction of sp³-hybridized carbons (Fsp3) is 0.231. The number of halogens is 1. The third-order valence-corrected chi connectivity index (χ3v) is 4.18. The number of hydrogen-bond donors (Lipinski definition) is 1. The first kappa shape index (κ1) is 16.1. The highest BCUT2D eigenvalue weighted by Crippen LogP contribution is 2.17. The smallest absolute Gasteiger partial charge is 0.239 e. The molecule has 0 aliphatic carbocycles. The summed E-state index contributed by atoms with van der Waals surface area (Å²) in [4.78, 5) is 11.7. The second kappa shape index (κ2) is 6.24. The third kappa shape index (κ3) is 3.89. The molecule has 2 rings (SSSR count). The van der Waals surface area contributed by atoms with E-state index in [0.29, 0.717) is 0 Å². The zero-order valence-electron chi connectivity index (χ0n) is 12.0. The monoisotopic (exact) mass is 326 g/mol. The summed E-state index contributed by atoms with van der Waals surface area (Å²) >= 11 is 0. The normalized spacial score (nSPS) is 11.6. The number of likely N-dealkylation sites (N-methyl/N-ethyl adjacent to an activating group) is 1. The van der Waals surface area contributed by atoms with Gasteiger partial charge in [0.05, 0.1) is 12.8 Å². The Morgan fingerprint density at radius 3 is 2.73 bits per heavy atom. The Kier molecular flexibility index (Phi) is 4.57. The molecule has 0 spiro atoms. The summed E-state index contributed by atoms with van der Waals surface area (Å²) < 4.78 is 38.7. The predicted molar refractivity (Wildman–Crippen MR) is 79.6 cm³/mol. The molecule has 1 aromatic heterocycles. The van der Waals surface area contributed by atoms with Crippen LogP contribution in [0.3, 0.4) is 0 Å². The maximum atomic E-state index is 14.0. The number of benzene rings is 1. The van der Waals surface area contributed by atoms with Crippen LogP contribution < -0.4 is 5.32 Å². The Labute approximate surface area is 127 Å². The minimum atomic E-state index is -3.45. The van der Waals surface area contributed by atoms with Crippen molar-refractivity contribution in [3.8, 4) is 5.69 Å². The maximum absolute atomic E-state index is 14.0. The van der Waals surface area contributed by atoms with Crippen LogP contribution in [0.15, 0.2) is 36.7 Å². The van der Waals surface area contributed by atoms with Crippen molar-refractivity contribution in [2.24, 2.45) is 0 Å². The van der Waals surface area contributed by atoms with Gasteiger partial charge in [0.25, 0.3) is 0 Å². The van der Waals surface area contributed by atoms with Gasteiger partial charge < -0.3 is 5.32 Å². The van der Waals surface area contributed by atoms with Crippen molar-refractivity contribution < 1.29 is 17.6 Å². The quantitative estimate of drug-likeness (QED) is 0.882. The Morgan fingerprint density at radius 2 is 2.18 bits per heavy atom. The van der Waals surface area contributed by atoms with Crippen LogP contribution in [-0.4, -0.2) is 48.3 Å². The number of anilines is 1. The summed E-state index contributed by atoms with van der Waals surface area (Å²) in [6.45, 7) is -0.346. The largest absolute Gasteiger partial charge is 0.325 e. The lowest BCUT2D eigenvalue weighted by atomic mass is 10.2. The molecule has 0 aliphatic heterocycles. The first-order valence-corrected chi connectivity index (χ1v) is 8.13. The van der Waals surface area contributed by atoms with Gasteiger partial charge in [-0.05, 0) is 24.3 Å². The highest BCUT2D eigenvalue weighted by Gasteiger charge is 2.15. The minimum absolute atomic E-state index is 0.236. The summed E-state index contributed by atoms with van der Waals surface area (Å²) in [6.07, 6.45) is 4.12. The fourth-order valence-electron chi connectivity index (χ4n) is 1.70. The Morgan fingerprint density at radius 1 is 1.45 bits per heavy atom. The van der Waals surface area contributed by atoms with E-state index in [1.54, 1.807) is 12.3 Å². The van der Waals surface area contributed by atoms with E-state index >= 15 is 0 Å². The SMILES string of the molecule is CN(CC(=O)Nc1ccc(-n2cccn2)c(F)c1)S(C)(=O)=O. The topological polar surface area (TPSA) is 84.3 Å². The molecule has 118 valence electrons. The van der Waals surface area contributed by atoms with Gasteiger partial charge in [-0.3, -0.25) is 4.79 Å². The Bertz CT molecular complexity index is 775. The second-order valence-corrected chi connectivity index (χ2v) is 6.77. The lowest BCUT2D eigenvalue weighted by Crippen LogP contribution is -2.34. The Balaban J connectivity index is 2.08. The highest BCUT2D eigenvalue weighted by atomic mass is 32.2. The number of nitrogens with zero attached hydrogens (tertiary/aromatic N) is 3. The van der Waals surface area contributed by atoms with Crippen molar-refractivity contribution in [3.05, 3.63) is 42.5 Å². The zero-order valence-corrected chi connectivity index (χ0v) is 12.8. The minimum Gasteiger partial charge on any atom is -0.325 e. The van der Waals surface area contributed by atoms with Gasteiger partial charge in [-0.15, -0.1) is 0 Å². The van der Waals surface area contributed by atoms with E-state index in [0.717, 1.165) is 16.6 Å². The number of amides is 1. The van der Waals surface area contributed by atoms with Crippen LogP contribution in [0.1, 0.15) is 0 Å². The van der Waals surface area contributed by atoms with Crippen molar-refractivity contribution in [3.63, 3.8) is 0 Å². The maximum Gasteiger partial charge on any atom is 0.239 e. The van der Waals surface area contributed by atoms with Gasteiger partial charge in [-0.25, -0.2) is 17.5 Å². The molecule has 1 N–H and O–H groups in total. The lowest BCUT2D eigenvalue weighted by Gasteiger charge is -2.14. The van der Waals surface area contributed by atoms with E-state index in [2.05, 4.69) is 10.4 Å². The van der Waals surface area contributed by atoms with Gasteiger partial charge in [0.2, 0.25) is 15.9 Å². The summed E-state index contributed by atoms with van der Waals surface area (Å²) in [5.74, 6) is -1.11. The van der Waals surface area contributed by atoms with Gasteiger partial charge >= 0.3 is 0 Å². The average molecular weight is 326 g/mol. The fourth-order valence-corrected chi connectivity index (χ4v) is 2.05. The molecule has 0 saturated carbocycles. The first-order valence-electron chi connectivity index (χ1n) is 6.28. The van der Waals surface area contributed by atoms with E-state index in [1.807, 2.05) is 0 Å². The molecule has 0 radical (unpaired) electrons. The number of carbonyl (C=O) groups is 1. The van der Waals surface area contributed by atoms with Crippen LogP contribution >= 0.6 is 0 Å². The molecule has 7 nitrogen and oxygen atoms in total. The van der Waals surface area contributed by atoms with Crippen LogP contribution in [-0.2, 0) is 14.8 Å². The van der Waals surface area contributed by atoms with E-state index in [1.165, 1.54) is 30.1 Å². The van der Waals surface area contributed by atoms with Gasteiger partial charge in [-0.1, -0.05) is 0 Å². The highest BCUT2D eigenvalue weighted by molar-refractivity contribution is 7.88. The van der Waals surface area contributed by atoms with E-state index in [-0.39, 0.29) is 17.9 Å². The molecule has 0 saturated heterocycles. The van der Waals surface area contributed by atoms with E-state index in [9.17, 15) is 17.6 Å².